The number of fused-ring (bicyclic) bond motifs is 1. The van der Waals surface area contributed by atoms with E-state index in [0.717, 1.165) is 32.0 Å². The lowest BCUT2D eigenvalue weighted by atomic mass is 10.1. The van der Waals surface area contributed by atoms with Gasteiger partial charge in [-0.2, -0.15) is 0 Å². The summed E-state index contributed by atoms with van der Waals surface area (Å²) in [7, 11) is 0. The van der Waals surface area contributed by atoms with E-state index in [4.69, 9.17) is 0 Å². The molecule has 0 aliphatic rings. The summed E-state index contributed by atoms with van der Waals surface area (Å²) in [6.45, 7) is 6.74. The molecule has 2 rings (SSSR count). The maximum absolute atomic E-state index is 4.57. The highest BCUT2D eigenvalue weighted by atomic mass is 15.2. The number of hydrogen-bond acceptors (Lipinski definition) is 1. The molecule has 0 unspecified atom stereocenters. The van der Waals surface area contributed by atoms with Crippen LogP contribution >= 0.6 is 0 Å². The summed E-state index contributed by atoms with van der Waals surface area (Å²) in [5.41, 5.74) is 1.33. The first-order valence-corrected chi connectivity index (χ1v) is 7.33. The van der Waals surface area contributed by atoms with Crippen LogP contribution in [0.1, 0.15) is 19.4 Å². The minimum Gasteiger partial charge on any atom is -0.357 e. The van der Waals surface area contributed by atoms with Crippen molar-refractivity contribution in [1.82, 2.24) is 10.6 Å². The van der Waals surface area contributed by atoms with Gasteiger partial charge in [0.25, 0.3) is 0 Å². The molecule has 3 nitrogen and oxygen atoms in total. The van der Waals surface area contributed by atoms with E-state index in [1.807, 2.05) is 0 Å². The third-order valence-corrected chi connectivity index (χ3v) is 3.17. The Morgan fingerprint density at radius 1 is 0.950 bits per heavy atom. The monoisotopic (exact) mass is 269 g/mol. The van der Waals surface area contributed by atoms with Gasteiger partial charge in [0.1, 0.15) is 0 Å². The van der Waals surface area contributed by atoms with Crippen molar-refractivity contribution in [3.05, 3.63) is 48.0 Å². The lowest BCUT2D eigenvalue weighted by Crippen LogP contribution is -2.37. The summed E-state index contributed by atoms with van der Waals surface area (Å²) in [5, 5.41) is 9.07. The van der Waals surface area contributed by atoms with Gasteiger partial charge in [-0.3, -0.25) is 4.99 Å². The molecule has 2 aromatic carbocycles. The Balaban J connectivity index is 1.99. The zero-order chi connectivity index (χ0) is 14.2. The highest BCUT2D eigenvalue weighted by molar-refractivity contribution is 5.83. The molecule has 0 aliphatic carbocycles. The van der Waals surface area contributed by atoms with Gasteiger partial charge in [-0.15, -0.1) is 0 Å². The molecule has 3 heteroatoms. The molecule has 0 amide bonds. The molecule has 0 radical (unpaired) electrons. The molecule has 0 spiro atoms. The Bertz CT molecular complexity index is 567. The molecule has 0 aromatic heterocycles. The first-order chi connectivity index (χ1) is 9.83. The molecule has 0 aliphatic heterocycles. The van der Waals surface area contributed by atoms with Gasteiger partial charge in [-0.1, -0.05) is 42.5 Å². The molecule has 2 N–H and O–H groups in total. The minimum absolute atomic E-state index is 0.799. The molecule has 0 heterocycles. The molecular weight excluding hydrogens is 246 g/mol. The summed E-state index contributed by atoms with van der Waals surface area (Å²) in [5.74, 6) is 0.899. The predicted octanol–water partition coefficient (Wildman–Crippen LogP) is 2.96. The topological polar surface area (TPSA) is 36.4 Å². The van der Waals surface area contributed by atoms with Crippen LogP contribution in [0, 0.1) is 0 Å². The van der Waals surface area contributed by atoms with Crippen LogP contribution < -0.4 is 10.6 Å². The minimum atomic E-state index is 0.799. The quantitative estimate of drug-likeness (QED) is 0.647. The second-order valence-corrected chi connectivity index (χ2v) is 4.72. The van der Waals surface area contributed by atoms with Gasteiger partial charge in [-0.05, 0) is 36.6 Å². The van der Waals surface area contributed by atoms with Crippen LogP contribution in [0.25, 0.3) is 10.8 Å². The average Bonchev–Trinajstić information content (AvgIpc) is 2.47. The second kappa shape index (κ2) is 7.53. The zero-order valence-electron chi connectivity index (χ0n) is 12.3. The van der Waals surface area contributed by atoms with Crippen LogP contribution in [0.3, 0.4) is 0 Å². The molecule has 106 valence electrons. The molecule has 0 fully saturated rings. The maximum Gasteiger partial charge on any atom is 0.191 e. The largest absolute Gasteiger partial charge is 0.357 e. The SMILES string of the molecule is CCNC(=NCCc1ccc2ccccc2c1)NCC. The van der Waals surface area contributed by atoms with Crippen LogP contribution in [-0.4, -0.2) is 25.6 Å². The normalized spacial score (nSPS) is 10.3. The number of hydrogen-bond donors (Lipinski definition) is 2. The number of guanidine groups is 1. The lowest BCUT2D eigenvalue weighted by molar-refractivity contribution is 0.833. The molecule has 0 atom stereocenters. The zero-order valence-corrected chi connectivity index (χ0v) is 12.3. The van der Waals surface area contributed by atoms with E-state index in [1.54, 1.807) is 0 Å². The van der Waals surface area contributed by atoms with Crippen molar-refractivity contribution >= 4 is 16.7 Å². The molecule has 0 saturated carbocycles. The van der Waals surface area contributed by atoms with Crippen LogP contribution in [0.5, 0.6) is 0 Å². The Kier molecular flexibility index (Phi) is 5.42. The Hall–Kier alpha value is -2.03. The van der Waals surface area contributed by atoms with E-state index in [1.165, 1.54) is 16.3 Å². The van der Waals surface area contributed by atoms with E-state index in [2.05, 4.69) is 71.9 Å². The predicted molar refractivity (Wildman–Crippen MR) is 87.3 cm³/mol. The van der Waals surface area contributed by atoms with E-state index in [-0.39, 0.29) is 0 Å². The van der Waals surface area contributed by atoms with Gasteiger partial charge in [-0.25, -0.2) is 0 Å². The first-order valence-electron chi connectivity index (χ1n) is 7.33. The van der Waals surface area contributed by atoms with Crippen molar-refractivity contribution in [2.24, 2.45) is 4.99 Å². The van der Waals surface area contributed by atoms with E-state index < -0.39 is 0 Å². The number of rotatable bonds is 5. The van der Waals surface area contributed by atoms with Crippen molar-refractivity contribution in [2.45, 2.75) is 20.3 Å². The van der Waals surface area contributed by atoms with Gasteiger partial charge in [0.15, 0.2) is 5.96 Å². The first kappa shape index (κ1) is 14.4. The fourth-order valence-corrected chi connectivity index (χ4v) is 2.20. The number of benzene rings is 2. The maximum atomic E-state index is 4.57. The third kappa shape index (κ3) is 3.98. The molecule has 2 aromatic rings. The molecule has 0 saturated heterocycles. The summed E-state index contributed by atoms with van der Waals surface area (Å²) in [6.07, 6.45) is 0.963. The summed E-state index contributed by atoms with van der Waals surface area (Å²) < 4.78 is 0. The highest BCUT2D eigenvalue weighted by Crippen LogP contribution is 2.15. The van der Waals surface area contributed by atoms with Crippen LogP contribution in [0.15, 0.2) is 47.5 Å². The van der Waals surface area contributed by atoms with Gasteiger partial charge in [0.05, 0.1) is 0 Å². The highest BCUT2D eigenvalue weighted by Gasteiger charge is 1.97. The lowest BCUT2D eigenvalue weighted by Gasteiger charge is -2.09. The fraction of sp³-hybridized carbons (Fsp3) is 0.353. The summed E-state index contributed by atoms with van der Waals surface area (Å²) >= 11 is 0. The second-order valence-electron chi connectivity index (χ2n) is 4.72. The van der Waals surface area contributed by atoms with Gasteiger partial charge in [0.2, 0.25) is 0 Å². The Morgan fingerprint density at radius 2 is 1.65 bits per heavy atom. The summed E-state index contributed by atoms with van der Waals surface area (Å²) in [4.78, 5) is 4.57. The van der Waals surface area contributed by atoms with Crippen molar-refractivity contribution < 1.29 is 0 Å². The van der Waals surface area contributed by atoms with Gasteiger partial charge in [0, 0.05) is 19.6 Å². The van der Waals surface area contributed by atoms with Crippen LogP contribution in [0.4, 0.5) is 0 Å². The van der Waals surface area contributed by atoms with Crippen LogP contribution in [0.2, 0.25) is 0 Å². The smallest absolute Gasteiger partial charge is 0.191 e. The Morgan fingerprint density at radius 3 is 2.35 bits per heavy atom. The Labute approximate surface area is 121 Å². The molecular formula is C17H23N3. The average molecular weight is 269 g/mol. The van der Waals surface area contributed by atoms with E-state index in [9.17, 15) is 0 Å². The van der Waals surface area contributed by atoms with Crippen molar-refractivity contribution in [2.75, 3.05) is 19.6 Å². The van der Waals surface area contributed by atoms with Crippen LogP contribution in [-0.2, 0) is 6.42 Å². The van der Waals surface area contributed by atoms with Crippen molar-refractivity contribution in [3.8, 4) is 0 Å². The molecule has 0 bridgehead atoms. The van der Waals surface area contributed by atoms with E-state index in [0.29, 0.717) is 0 Å². The fourth-order valence-electron chi connectivity index (χ4n) is 2.20. The van der Waals surface area contributed by atoms with Crippen molar-refractivity contribution in [1.29, 1.82) is 0 Å². The van der Waals surface area contributed by atoms with Gasteiger partial charge < -0.3 is 10.6 Å². The number of aliphatic imine (C=N–C) groups is 1. The van der Waals surface area contributed by atoms with Crippen molar-refractivity contribution in [3.63, 3.8) is 0 Å². The number of nitrogens with zero attached hydrogens (tertiary/aromatic N) is 1. The molecule has 20 heavy (non-hydrogen) atoms. The third-order valence-electron chi connectivity index (χ3n) is 3.17. The number of nitrogens with one attached hydrogen (secondary N) is 2. The van der Waals surface area contributed by atoms with Gasteiger partial charge >= 0.3 is 0 Å². The van der Waals surface area contributed by atoms with E-state index >= 15 is 0 Å². The standard InChI is InChI=1S/C17H23N3/c1-3-18-17(19-4-2)20-12-11-14-9-10-15-7-5-6-8-16(15)13-14/h5-10,13H,3-4,11-12H2,1-2H3,(H2,18,19,20). The summed E-state index contributed by atoms with van der Waals surface area (Å²) in [6, 6.07) is 15.1.